The molecule has 0 aliphatic carbocycles. The van der Waals surface area contributed by atoms with Gasteiger partial charge in [0.15, 0.2) is 0 Å². The topological polar surface area (TPSA) is 0 Å². The molecule has 96 heavy (non-hydrogen) atoms. The van der Waals surface area contributed by atoms with Crippen molar-refractivity contribution in [1.82, 2.24) is 0 Å². The van der Waals surface area contributed by atoms with Crippen LogP contribution in [0.25, 0.3) is 176 Å². The summed E-state index contributed by atoms with van der Waals surface area (Å²) < 4.78 is 0. The molecule has 0 aliphatic rings. The highest BCUT2D eigenvalue weighted by atomic mass is 14.2. The largest absolute Gasteiger partial charge is 0.0622 e. The average Bonchev–Trinajstić information content (AvgIpc) is 0.743. The molecule has 0 radical (unpaired) electrons. The Balaban J connectivity index is 0.000000145. The minimum absolute atomic E-state index is 1.22. The van der Waals surface area contributed by atoms with Crippen LogP contribution in [0.15, 0.2) is 388 Å². The number of benzene rings is 18. The predicted molar refractivity (Wildman–Crippen MR) is 412 cm³/mol. The molecule has 0 heterocycles. The van der Waals surface area contributed by atoms with Crippen LogP contribution in [0.2, 0.25) is 0 Å². The summed E-state index contributed by atoms with van der Waals surface area (Å²) in [6, 6.07) is 141. The van der Waals surface area contributed by atoms with Gasteiger partial charge in [-0.15, -0.1) is 0 Å². The molecule has 0 fully saturated rings. The SMILES string of the molecule is c1ccc(-c2ccc(-c3c4ccccc4c(-c4ccc5ccc(-c6cccc(-c7ccccc7)c6)cc5c4)c4ccccc34)cc2)cc1.c1ccc(-c2ccc(-c3ccc4ccc(-c5c6ccccc6c(-c6ccc(-c7ccccc7)cc6)c6ccccc56)cc4c3)cc2)cc1. The maximum Gasteiger partial charge on any atom is -0.00262 e. The average molecular weight is 1220 g/mol. The Kier molecular flexibility index (Phi) is 15.1. The van der Waals surface area contributed by atoms with Crippen molar-refractivity contribution < 1.29 is 0 Å². The molecule has 18 aromatic rings. The van der Waals surface area contributed by atoms with Gasteiger partial charge in [-0.05, 0) is 206 Å². The Morgan fingerprint density at radius 2 is 0.271 bits per heavy atom. The normalized spacial score (nSPS) is 11.3. The second-order valence-electron chi connectivity index (χ2n) is 25.0. The van der Waals surface area contributed by atoms with Crippen molar-refractivity contribution in [2.75, 3.05) is 0 Å². The van der Waals surface area contributed by atoms with Gasteiger partial charge in [0.1, 0.15) is 0 Å². The summed E-state index contributed by atoms with van der Waals surface area (Å²) in [5, 5.41) is 15.1. The Morgan fingerprint density at radius 1 is 0.0938 bits per heavy atom. The zero-order chi connectivity index (χ0) is 63.7. The first-order valence-corrected chi connectivity index (χ1v) is 33.2. The lowest BCUT2D eigenvalue weighted by molar-refractivity contribution is 1.60. The molecule has 0 heteroatoms. The standard InChI is InChI=1S/2C48H32/c1-3-12-33(13-4-1)35-22-26-37(27-23-35)47-43-18-7-9-20-45(43)48(46-21-10-8-19-44(46)47)41-29-25-36-24-28-40(31-42(36)32-41)39-17-11-16-38(30-39)34-14-5-2-6-15-34;1-3-11-33(12-4-1)35-19-21-37(22-20-35)40-29-25-38-26-30-41(32-42(38)31-40)48-45-17-9-7-15-43(45)47(44-16-8-10-18-46(44)48)39-27-23-36(24-28-39)34-13-5-2-6-14-34/h2*1-32H. The molecule has 0 N–H and O–H groups in total. The molecule has 448 valence electrons. The number of hydrogen-bond acceptors (Lipinski definition) is 0. The molecule has 0 aliphatic heterocycles. The monoisotopic (exact) mass is 1220 g/mol. The molecule has 0 bridgehead atoms. The first kappa shape index (κ1) is 57.4. The van der Waals surface area contributed by atoms with Gasteiger partial charge in [0.25, 0.3) is 0 Å². The molecule has 0 atom stereocenters. The van der Waals surface area contributed by atoms with Gasteiger partial charge >= 0.3 is 0 Å². The van der Waals surface area contributed by atoms with Gasteiger partial charge in [-0.1, -0.05) is 358 Å². The Labute approximate surface area is 560 Å². The summed E-state index contributed by atoms with van der Waals surface area (Å²) >= 11 is 0. The maximum atomic E-state index is 2.38. The van der Waals surface area contributed by atoms with Crippen LogP contribution >= 0.6 is 0 Å². The first-order chi connectivity index (χ1) is 47.6. The van der Waals surface area contributed by atoms with E-state index in [0.717, 1.165) is 0 Å². The molecule has 0 unspecified atom stereocenters. The van der Waals surface area contributed by atoms with E-state index in [-0.39, 0.29) is 0 Å². The molecule has 18 rings (SSSR count). The zero-order valence-electron chi connectivity index (χ0n) is 53.0. The van der Waals surface area contributed by atoms with Crippen LogP contribution in [0.4, 0.5) is 0 Å². The molecule has 0 saturated carbocycles. The lowest BCUT2D eigenvalue weighted by Crippen LogP contribution is -1.91. The molecule has 0 nitrogen and oxygen atoms in total. The highest BCUT2D eigenvalue weighted by Gasteiger charge is 2.20. The number of fused-ring (bicyclic) bond motifs is 6. The van der Waals surface area contributed by atoms with Crippen LogP contribution in [0, 0.1) is 0 Å². The fraction of sp³-hybridized carbons (Fsp3) is 0. The van der Waals surface area contributed by atoms with Crippen LogP contribution in [0.3, 0.4) is 0 Å². The molecular formula is C96H64. The second kappa shape index (κ2) is 25.2. The summed E-state index contributed by atoms with van der Waals surface area (Å²) in [6.07, 6.45) is 0. The molecule has 0 amide bonds. The third-order valence-electron chi connectivity index (χ3n) is 19.3. The predicted octanol–water partition coefficient (Wildman–Crippen LogP) is 27.0. The van der Waals surface area contributed by atoms with E-state index in [1.807, 2.05) is 0 Å². The summed E-state index contributed by atoms with van der Waals surface area (Å²) in [5.74, 6) is 0. The summed E-state index contributed by atoms with van der Waals surface area (Å²) in [7, 11) is 0. The summed E-state index contributed by atoms with van der Waals surface area (Å²) in [5.41, 5.74) is 24.8. The Bertz CT molecular complexity index is 5760. The fourth-order valence-corrected chi connectivity index (χ4v) is 14.6. The molecule has 18 aromatic carbocycles. The van der Waals surface area contributed by atoms with Crippen molar-refractivity contribution in [3.8, 4) is 111 Å². The quantitative estimate of drug-likeness (QED) is 0.120. The molecular weight excluding hydrogens is 1150 g/mol. The van der Waals surface area contributed by atoms with Gasteiger partial charge < -0.3 is 0 Å². The van der Waals surface area contributed by atoms with Gasteiger partial charge in [0.2, 0.25) is 0 Å². The van der Waals surface area contributed by atoms with Crippen molar-refractivity contribution >= 4 is 64.6 Å². The summed E-state index contributed by atoms with van der Waals surface area (Å²) in [4.78, 5) is 0. The number of rotatable bonds is 10. The van der Waals surface area contributed by atoms with E-state index in [0.29, 0.717) is 0 Å². The van der Waals surface area contributed by atoms with Crippen molar-refractivity contribution in [1.29, 1.82) is 0 Å². The van der Waals surface area contributed by atoms with Gasteiger partial charge in [-0.25, -0.2) is 0 Å². The fourth-order valence-electron chi connectivity index (χ4n) is 14.6. The van der Waals surface area contributed by atoms with E-state index in [9.17, 15) is 0 Å². The molecule has 0 saturated heterocycles. The smallest absolute Gasteiger partial charge is 0.00262 e. The Hall–Kier alpha value is -12.5. The van der Waals surface area contributed by atoms with Crippen LogP contribution in [-0.2, 0) is 0 Å². The lowest BCUT2D eigenvalue weighted by atomic mass is 9.85. The van der Waals surface area contributed by atoms with Gasteiger partial charge in [0, 0.05) is 0 Å². The van der Waals surface area contributed by atoms with Gasteiger partial charge in [-0.2, -0.15) is 0 Å². The van der Waals surface area contributed by atoms with Crippen LogP contribution in [0.1, 0.15) is 0 Å². The molecule has 0 spiro atoms. The highest BCUT2D eigenvalue weighted by molar-refractivity contribution is 6.23. The van der Waals surface area contributed by atoms with E-state index in [1.165, 1.54) is 176 Å². The van der Waals surface area contributed by atoms with E-state index in [1.54, 1.807) is 0 Å². The summed E-state index contributed by atoms with van der Waals surface area (Å²) in [6.45, 7) is 0. The van der Waals surface area contributed by atoms with Gasteiger partial charge in [-0.3, -0.25) is 0 Å². The maximum absolute atomic E-state index is 2.38. The minimum Gasteiger partial charge on any atom is -0.0622 e. The Morgan fingerprint density at radius 3 is 0.583 bits per heavy atom. The van der Waals surface area contributed by atoms with E-state index in [4.69, 9.17) is 0 Å². The number of hydrogen-bond donors (Lipinski definition) is 0. The van der Waals surface area contributed by atoms with E-state index >= 15 is 0 Å². The van der Waals surface area contributed by atoms with E-state index < -0.39 is 0 Å². The van der Waals surface area contributed by atoms with Crippen LogP contribution in [0.5, 0.6) is 0 Å². The van der Waals surface area contributed by atoms with Crippen LogP contribution in [-0.4, -0.2) is 0 Å². The third kappa shape index (κ3) is 11.0. The van der Waals surface area contributed by atoms with Crippen molar-refractivity contribution in [3.05, 3.63) is 388 Å². The highest BCUT2D eigenvalue weighted by Crippen LogP contribution is 2.47. The van der Waals surface area contributed by atoms with Crippen molar-refractivity contribution in [2.45, 2.75) is 0 Å². The van der Waals surface area contributed by atoms with Gasteiger partial charge in [0.05, 0.1) is 0 Å². The minimum atomic E-state index is 1.22. The zero-order valence-corrected chi connectivity index (χ0v) is 53.0. The first-order valence-electron chi connectivity index (χ1n) is 33.2. The second-order valence-corrected chi connectivity index (χ2v) is 25.0. The molecule has 0 aromatic heterocycles. The third-order valence-corrected chi connectivity index (χ3v) is 19.3. The lowest BCUT2D eigenvalue weighted by Gasteiger charge is -2.18. The van der Waals surface area contributed by atoms with Crippen molar-refractivity contribution in [2.24, 2.45) is 0 Å². The van der Waals surface area contributed by atoms with E-state index in [2.05, 4.69) is 388 Å². The van der Waals surface area contributed by atoms with Crippen molar-refractivity contribution in [3.63, 3.8) is 0 Å². The van der Waals surface area contributed by atoms with Crippen LogP contribution < -0.4 is 0 Å².